The molecule has 2 unspecified atom stereocenters. The number of phenols is 2. The van der Waals surface area contributed by atoms with Crippen molar-refractivity contribution in [1.82, 2.24) is 4.98 Å². The highest BCUT2D eigenvalue weighted by Crippen LogP contribution is 2.50. The molecule has 0 saturated heterocycles. The molecule has 2 atom stereocenters. The highest BCUT2D eigenvalue weighted by molar-refractivity contribution is 5.88. The van der Waals surface area contributed by atoms with Crippen molar-refractivity contribution in [2.75, 3.05) is 0 Å². The van der Waals surface area contributed by atoms with Gasteiger partial charge in [-0.1, -0.05) is 61.8 Å². The van der Waals surface area contributed by atoms with Crippen LogP contribution in [-0.4, -0.2) is 15.2 Å². The Morgan fingerprint density at radius 1 is 1.16 bits per heavy atom. The monoisotopic (exact) mass is 429 g/mol. The van der Waals surface area contributed by atoms with Gasteiger partial charge in [-0.25, -0.2) is 0 Å². The lowest BCUT2D eigenvalue weighted by Crippen LogP contribution is -2.17. The van der Waals surface area contributed by atoms with Gasteiger partial charge in [-0.3, -0.25) is 0 Å². The Labute approximate surface area is 191 Å². The summed E-state index contributed by atoms with van der Waals surface area (Å²) in [5.41, 5.74) is 6.78. The summed E-state index contributed by atoms with van der Waals surface area (Å²) in [6.45, 7) is 10.6. The van der Waals surface area contributed by atoms with Crippen LogP contribution in [0.3, 0.4) is 0 Å². The first-order valence-electron chi connectivity index (χ1n) is 11.9. The summed E-state index contributed by atoms with van der Waals surface area (Å²) in [6.07, 6.45) is 8.33. The fourth-order valence-electron chi connectivity index (χ4n) is 5.23. The maximum absolute atomic E-state index is 11.7. The minimum Gasteiger partial charge on any atom is -0.507 e. The Morgan fingerprint density at radius 3 is 2.66 bits per heavy atom. The van der Waals surface area contributed by atoms with Crippen molar-refractivity contribution in [1.29, 1.82) is 0 Å². The minimum absolute atomic E-state index is 0.0749. The minimum atomic E-state index is -0.0749. The number of fused-ring (bicyclic) bond motifs is 1. The first-order chi connectivity index (χ1) is 15.4. The zero-order valence-electron chi connectivity index (χ0n) is 19.5. The third-order valence-electron chi connectivity index (χ3n) is 6.96. The van der Waals surface area contributed by atoms with E-state index in [0.29, 0.717) is 5.56 Å². The first-order valence-corrected chi connectivity index (χ1v) is 11.9. The van der Waals surface area contributed by atoms with Gasteiger partial charge in [0.1, 0.15) is 11.5 Å². The molecule has 32 heavy (non-hydrogen) atoms. The lowest BCUT2D eigenvalue weighted by Gasteiger charge is -2.32. The zero-order chi connectivity index (χ0) is 22.8. The highest BCUT2D eigenvalue weighted by atomic mass is 16.3. The van der Waals surface area contributed by atoms with Crippen LogP contribution in [0.25, 0.3) is 22.2 Å². The third kappa shape index (κ3) is 4.21. The predicted octanol–water partition coefficient (Wildman–Crippen LogP) is 7.99. The van der Waals surface area contributed by atoms with Crippen molar-refractivity contribution >= 4 is 10.9 Å². The van der Waals surface area contributed by atoms with Crippen LogP contribution in [0.4, 0.5) is 0 Å². The molecule has 3 heteroatoms. The Balaban J connectivity index is 1.91. The number of allylic oxidation sites excluding steroid dienone is 3. The van der Waals surface area contributed by atoms with Crippen molar-refractivity contribution < 1.29 is 10.2 Å². The van der Waals surface area contributed by atoms with Crippen molar-refractivity contribution in [2.24, 2.45) is 5.92 Å². The summed E-state index contributed by atoms with van der Waals surface area (Å²) in [7, 11) is 0. The van der Waals surface area contributed by atoms with Crippen LogP contribution < -0.4 is 0 Å². The number of hydrogen-bond acceptors (Lipinski definition) is 2. The molecule has 4 rings (SSSR count). The van der Waals surface area contributed by atoms with E-state index in [2.05, 4.69) is 56.6 Å². The van der Waals surface area contributed by atoms with E-state index in [4.69, 9.17) is 0 Å². The van der Waals surface area contributed by atoms with E-state index < -0.39 is 0 Å². The van der Waals surface area contributed by atoms with E-state index in [-0.39, 0.29) is 23.3 Å². The quantitative estimate of drug-likeness (QED) is 0.263. The number of para-hydroxylation sites is 1. The number of benzene rings is 2. The fourth-order valence-corrected chi connectivity index (χ4v) is 5.23. The van der Waals surface area contributed by atoms with Gasteiger partial charge in [0.25, 0.3) is 0 Å². The molecule has 3 aromatic rings. The second-order valence-corrected chi connectivity index (χ2v) is 9.45. The van der Waals surface area contributed by atoms with Crippen molar-refractivity contribution in [3.05, 3.63) is 71.3 Å². The van der Waals surface area contributed by atoms with Crippen molar-refractivity contribution in [3.8, 4) is 22.8 Å². The van der Waals surface area contributed by atoms with E-state index in [0.717, 1.165) is 71.8 Å². The number of hydrogen-bond donors (Lipinski definition) is 3. The number of unbranched alkanes of at least 4 members (excludes halogenated alkanes) is 2. The molecule has 0 radical (unpaired) electrons. The molecule has 3 N–H and O–H groups in total. The molecule has 0 saturated carbocycles. The molecular weight excluding hydrogens is 394 g/mol. The van der Waals surface area contributed by atoms with Gasteiger partial charge in [0.2, 0.25) is 0 Å². The number of aromatic nitrogens is 1. The van der Waals surface area contributed by atoms with Crippen molar-refractivity contribution in [2.45, 2.75) is 65.2 Å². The van der Waals surface area contributed by atoms with Gasteiger partial charge >= 0.3 is 0 Å². The summed E-state index contributed by atoms with van der Waals surface area (Å²) in [4.78, 5) is 3.50. The van der Waals surface area contributed by atoms with Crippen LogP contribution in [0.1, 0.15) is 69.9 Å². The number of H-pyrrole nitrogens is 1. The molecule has 1 aromatic heterocycles. The summed E-state index contributed by atoms with van der Waals surface area (Å²) in [5.74, 6) is 0.521. The van der Waals surface area contributed by atoms with E-state index >= 15 is 0 Å². The average Bonchev–Trinajstić information content (AvgIpc) is 3.17. The molecule has 1 aliphatic rings. The van der Waals surface area contributed by atoms with Crippen LogP contribution in [-0.2, 0) is 6.42 Å². The molecule has 3 nitrogen and oxygen atoms in total. The molecular formula is C29H35NO2. The van der Waals surface area contributed by atoms with E-state index in [1.54, 1.807) is 0 Å². The molecule has 0 bridgehead atoms. The molecule has 0 amide bonds. The molecule has 2 aromatic carbocycles. The number of rotatable bonds is 7. The first kappa shape index (κ1) is 22.3. The number of aromatic hydroxyl groups is 2. The normalized spacial score (nSPS) is 18.7. The van der Waals surface area contributed by atoms with Gasteiger partial charge in [-0.2, -0.15) is 0 Å². The van der Waals surface area contributed by atoms with Crippen LogP contribution in [0.2, 0.25) is 0 Å². The Kier molecular flexibility index (Phi) is 6.45. The lowest BCUT2D eigenvalue weighted by atomic mass is 9.73. The van der Waals surface area contributed by atoms with Gasteiger partial charge in [0.15, 0.2) is 0 Å². The fraction of sp³-hybridized carbons (Fsp3) is 0.379. The van der Waals surface area contributed by atoms with Crippen LogP contribution in [0.5, 0.6) is 11.5 Å². The van der Waals surface area contributed by atoms with Gasteiger partial charge in [0.05, 0.1) is 5.69 Å². The summed E-state index contributed by atoms with van der Waals surface area (Å²) >= 11 is 0. The number of phenolic OH excluding ortho intramolecular Hbond substituents is 2. The van der Waals surface area contributed by atoms with Crippen LogP contribution in [0.15, 0.2) is 60.2 Å². The Morgan fingerprint density at radius 2 is 1.94 bits per heavy atom. The van der Waals surface area contributed by atoms with Crippen LogP contribution >= 0.6 is 0 Å². The summed E-state index contributed by atoms with van der Waals surface area (Å²) in [5, 5.41) is 23.9. The Hall–Kier alpha value is -2.94. The smallest absolute Gasteiger partial charge is 0.132 e. The molecule has 1 aliphatic carbocycles. The molecule has 0 fully saturated rings. The largest absolute Gasteiger partial charge is 0.507 e. The molecule has 168 valence electrons. The van der Waals surface area contributed by atoms with E-state index in [9.17, 15) is 10.2 Å². The second-order valence-electron chi connectivity index (χ2n) is 9.45. The summed E-state index contributed by atoms with van der Waals surface area (Å²) < 4.78 is 0. The summed E-state index contributed by atoms with van der Waals surface area (Å²) in [6, 6.07) is 12.2. The molecule has 0 spiro atoms. The molecule has 0 aliphatic heterocycles. The Bertz CT molecular complexity index is 1130. The lowest BCUT2D eigenvalue weighted by molar-refractivity contribution is 0.407. The van der Waals surface area contributed by atoms with Gasteiger partial charge in [-0.15, -0.1) is 0 Å². The topological polar surface area (TPSA) is 56.2 Å². The number of nitrogens with one attached hydrogen (secondary N) is 1. The van der Waals surface area contributed by atoms with E-state index in [1.807, 2.05) is 18.2 Å². The second kappa shape index (κ2) is 9.28. The maximum atomic E-state index is 11.7. The van der Waals surface area contributed by atoms with Gasteiger partial charge < -0.3 is 15.2 Å². The average molecular weight is 430 g/mol. The van der Waals surface area contributed by atoms with Gasteiger partial charge in [-0.05, 0) is 69.2 Å². The number of aryl methyl sites for hydroxylation is 1. The van der Waals surface area contributed by atoms with E-state index in [1.165, 1.54) is 5.57 Å². The predicted molar refractivity (Wildman–Crippen MR) is 134 cm³/mol. The van der Waals surface area contributed by atoms with Gasteiger partial charge in [0, 0.05) is 27.9 Å². The standard InChI is InChI=1S/C29H35NO2/c1-5-6-7-11-21-17-26(31)28(23-15-19(4)13-14-22(23)18(2)3)29(32)27(21)25-16-20-10-8-9-12-24(20)30-25/h8-10,12,15-17,22-23,30-32H,2,5-7,11,13-14H2,1,3-4H3. The van der Waals surface area contributed by atoms with Crippen LogP contribution in [0, 0.1) is 5.92 Å². The third-order valence-corrected chi connectivity index (χ3v) is 6.96. The number of aromatic amines is 1. The maximum Gasteiger partial charge on any atom is 0.132 e. The zero-order valence-corrected chi connectivity index (χ0v) is 19.5. The van der Waals surface area contributed by atoms with Crippen molar-refractivity contribution in [3.63, 3.8) is 0 Å². The SMILES string of the molecule is C=C(C)C1CCC(C)=CC1c1c(O)cc(CCCCC)c(-c2cc3ccccc3[nH]2)c1O. The molecule has 1 heterocycles. The highest BCUT2D eigenvalue weighted by Gasteiger charge is 2.32.